The van der Waals surface area contributed by atoms with Crippen molar-refractivity contribution in [3.63, 3.8) is 0 Å². The first kappa shape index (κ1) is 10.7. The molecule has 17 heavy (non-hydrogen) atoms. The maximum Gasteiger partial charge on any atom is 0.269 e. The Bertz CT molecular complexity index is 432. The third-order valence-electron chi connectivity index (χ3n) is 3.49. The van der Waals surface area contributed by atoms with Crippen LogP contribution in [0.15, 0.2) is 24.3 Å². The van der Waals surface area contributed by atoms with Crippen molar-refractivity contribution in [2.45, 2.75) is 6.54 Å². The number of non-ortho nitro benzene ring substituents is 1. The van der Waals surface area contributed by atoms with Gasteiger partial charge in [0.2, 0.25) is 0 Å². The maximum atomic E-state index is 10.5. The molecule has 0 radical (unpaired) electrons. The average molecular weight is 234 g/mol. The Labute approximate surface area is 99.1 Å². The smallest absolute Gasteiger partial charge is 0.269 e. The van der Waals surface area contributed by atoms with Gasteiger partial charge in [-0.3, -0.25) is 15.0 Å². The van der Waals surface area contributed by atoms with Crippen molar-refractivity contribution in [2.75, 3.05) is 26.3 Å². The van der Waals surface area contributed by atoms with Gasteiger partial charge in [0.15, 0.2) is 0 Å². The van der Waals surface area contributed by atoms with Gasteiger partial charge in [-0.1, -0.05) is 12.1 Å². The van der Waals surface area contributed by atoms with Crippen molar-refractivity contribution in [2.24, 2.45) is 5.41 Å². The van der Waals surface area contributed by atoms with Crippen LogP contribution in [0.4, 0.5) is 5.69 Å². The molecule has 2 heterocycles. The van der Waals surface area contributed by atoms with E-state index in [4.69, 9.17) is 4.74 Å². The van der Waals surface area contributed by atoms with Gasteiger partial charge in [0, 0.05) is 37.2 Å². The minimum Gasteiger partial charge on any atom is -0.380 e. The Morgan fingerprint density at radius 2 is 1.94 bits per heavy atom. The van der Waals surface area contributed by atoms with Gasteiger partial charge < -0.3 is 4.74 Å². The second-order valence-corrected chi connectivity index (χ2v) is 5.06. The molecule has 0 aromatic heterocycles. The van der Waals surface area contributed by atoms with Gasteiger partial charge >= 0.3 is 0 Å². The lowest BCUT2D eigenvalue weighted by Gasteiger charge is -2.55. The first-order chi connectivity index (χ1) is 8.17. The summed E-state index contributed by atoms with van der Waals surface area (Å²) in [7, 11) is 0. The second kappa shape index (κ2) is 3.78. The van der Waals surface area contributed by atoms with Crippen LogP contribution in [0.1, 0.15) is 5.56 Å². The fourth-order valence-electron chi connectivity index (χ4n) is 2.57. The Balaban J connectivity index is 1.57. The largest absolute Gasteiger partial charge is 0.380 e. The number of hydrogen-bond donors (Lipinski definition) is 0. The molecule has 2 aliphatic rings. The van der Waals surface area contributed by atoms with Crippen LogP contribution in [-0.4, -0.2) is 36.1 Å². The van der Waals surface area contributed by atoms with Gasteiger partial charge in [0.05, 0.1) is 18.1 Å². The van der Waals surface area contributed by atoms with Crippen LogP contribution >= 0.6 is 0 Å². The van der Waals surface area contributed by atoms with E-state index in [1.807, 2.05) is 12.1 Å². The third kappa shape index (κ3) is 1.92. The fraction of sp³-hybridized carbons (Fsp3) is 0.500. The normalized spacial score (nSPS) is 21.9. The van der Waals surface area contributed by atoms with Crippen molar-refractivity contribution in [1.82, 2.24) is 4.90 Å². The van der Waals surface area contributed by atoms with E-state index in [1.165, 1.54) is 0 Å². The lowest BCUT2D eigenvalue weighted by atomic mass is 9.78. The van der Waals surface area contributed by atoms with Crippen LogP contribution in [0, 0.1) is 15.5 Å². The topological polar surface area (TPSA) is 55.6 Å². The number of nitrogens with zero attached hydrogens (tertiary/aromatic N) is 2. The van der Waals surface area contributed by atoms with E-state index in [0.29, 0.717) is 5.41 Å². The Kier molecular flexibility index (Phi) is 2.38. The standard InChI is InChI=1S/C12H14N2O3/c15-14(16)11-3-1-10(2-4-11)5-13-6-12(7-13)8-17-9-12/h1-4H,5-9H2. The van der Waals surface area contributed by atoms with E-state index < -0.39 is 0 Å². The second-order valence-electron chi connectivity index (χ2n) is 5.06. The quantitative estimate of drug-likeness (QED) is 0.586. The van der Waals surface area contributed by atoms with Crippen LogP contribution in [0.5, 0.6) is 0 Å². The molecule has 2 fully saturated rings. The number of hydrogen-bond acceptors (Lipinski definition) is 4. The molecular formula is C12H14N2O3. The number of benzene rings is 1. The summed E-state index contributed by atoms with van der Waals surface area (Å²) in [4.78, 5) is 12.5. The van der Waals surface area contributed by atoms with Crippen LogP contribution in [0.2, 0.25) is 0 Å². The molecule has 2 saturated heterocycles. The van der Waals surface area contributed by atoms with Crippen molar-refractivity contribution in [1.29, 1.82) is 0 Å². The van der Waals surface area contributed by atoms with E-state index in [-0.39, 0.29) is 10.6 Å². The lowest BCUT2D eigenvalue weighted by molar-refractivity contribution is -0.384. The highest BCUT2D eigenvalue weighted by Crippen LogP contribution is 2.38. The molecule has 90 valence electrons. The molecule has 5 nitrogen and oxygen atoms in total. The van der Waals surface area contributed by atoms with Crippen LogP contribution in [0.3, 0.4) is 0 Å². The number of ether oxygens (including phenoxy) is 1. The minimum absolute atomic E-state index is 0.154. The molecule has 0 atom stereocenters. The molecule has 3 rings (SSSR count). The van der Waals surface area contributed by atoms with E-state index >= 15 is 0 Å². The first-order valence-corrected chi connectivity index (χ1v) is 5.70. The van der Waals surface area contributed by atoms with Crippen LogP contribution in [-0.2, 0) is 11.3 Å². The summed E-state index contributed by atoms with van der Waals surface area (Å²) in [5.41, 5.74) is 1.72. The van der Waals surface area contributed by atoms with Crippen LogP contribution in [0.25, 0.3) is 0 Å². The predicted octanol–water partition coefficient (Wildman–Crippen LogP) is 1.43. The third-order valence-corrected chi connectivity index (χ3v) is 3.49. The van der Waals surface area contributed by atoms with Crippen molar-refractivity contribution < 1.29 is 9.66 Å². The Hall–Kier alpha value is -1.46. The number of rotatable bonds is 3. The van der Waals surface area contributed by atoms with Crippen molar-refractivity contribution in [3.8, 4) is 0 Å². The Morgan fingerprint density at radius 1 is 1.29 bits per heavy atom. The molecule has 1 spiro atoms. The molecule has 0 unspecified atom stereocenters. The van der Waals surface area contributed by atoms with E-state index in [0.717, 1.165) is 38.4 Å². The SMILES string of the molecule is O=[N+]([O-])c1ccc(CN2CC3(COC3)C2)cc1. The van der Waals surface area contributed by atoms with E-state index in [1.54, 1.807) is 12.1 Å². The van der Waals surface area contributed by atoms with E-state index in [9.17, 15) is 10.1 Å². The fourth-order valence-corrected chi connectivity index (χ4v) is 2.57. The number of nitro benzene ring substituents is 1. The predicted molar refractivity (Wildman–Crippen MR) is 61.6 cm³/mol. The molecule has 0 saturated carbocycles. The highest BCUT2D eigenvalue weighted by Gasteiger charge is 2.48. The van der Waals surface area contributed by atoms with Gasteiger partial charge in [0.25, 0.3) is 5.69 Å². The Morgan fingerprint density at radius 3 is 2.41 bits per heavy atom. The summed E-state index contributed by atoms with van der Waals surface area (Å²) in [6.45, 7) is 4.83. The zero-order chi connectivity index (χ0) is 11.9. The molecular weight excluding hydrogens is 220 g/mol. The highest BCUT2D eigenvalue weighted by molar-refractivity contribution is 5.33. The summed E-state index contributed by atoms with van der Waals surface area (Å²) in [6.07, 6.45) is 0. The molecule has 2 aliphatic heterocycles. The molecule has 5 heteroatoms. The lowest BCUT2D eigenvalue weighted by Crippen LogP contribution is -2.65. The van der Waals surface area contributed by atoms with E-state index in [2.05, 4.69) is 4.90 Å². The molecule has 1 aromatic carbocycles. The first-order valence-electron chi connectivity index (χ1n) is 5.70. The molecule has 0 aliphatic carbocycles. The summed E-state index contributed by atoms with van der Waals surface area (Å²) < 4.78 is 5.22. The summed E-state index contributed by atoms with van der Waals surface area (Å²) in [5, 5.41) is 10.5. The molecule has 0 bridgehead atoms. The number of nitro groups is 1. The zero-order valence-corrected chi connectivity index (χ0v) is 9.46. The minimum atomic E-state index is -0.367. The maximum absolute atomic E-state index is 10.5. The molecule has 0 amide bonds. The average Bonchev–Trinajstić information content (AvgIpc) is 2.20. The van der Waals surface area contributed by atoms with Crippen molar-refractivity contribution in [3.05, 3.63) is 39.9 Å². The van der Waals surface area contributed by atoms with Gasteiger partial charge in [0.1, 0.15) is 0 Å². The van der Waals surface area contributed by atoms with Gasteiger partial charge in [-0.05, 0) is 5.56 Å². The monoisotopic (exact) mass is 234 g/mol. The summed E-state index contributed by atoms with van der Waals surface area (Å²) >= 11 is 0. The number of likely N-dealkylation sites (tertiary alicyclic amines) is 1. The molecule has 0 N–H and O–H groups in total. The zero-order valence-electron chi connectivity index (χ0n) is 9.46. The van der Waals surface area contributed by atoms with Gasteiger partial charge in [-0.2, -0.15) is 0 Å². The van der Waals surface area contributed by atoms with Crippen molar-refractivity contribution >= 4 is 5.69 Å². The molecule has 1 aromatic rings. The van der Waals surface area contributed by atoms with Crippen LogP contribution < -0.4 is 0 Å². The summed E-state index contributed by atoms with van der Waals surface area (Å²) in [5.74, 6) is 0. The van der Waals surface area contributed by atoms with Gasteiger partial charge in [-0.15, -0.1) is 0 Å². The highest BCUT2D eigenvalue weighted by atomic mass is 16.6. The van der Waals surface area contributed by atoms with Gasteiger partial charge in [-0.25, -0.2) is 0 Å². The summed E-state index contributed by atoms with van der Waals surface area (Å²) in [6, 6.07) is 6.80.